The summed E-state index contributed by atoms with van der Waals surface area (Å²) in [6.45, 7) is 2.22. The number of thiophene rings is 1. The van der Waals surface area contributed by atoms with Gasteiger partial charge in [0.1, 0.15) is 6.10 Å². The molecule has 1 atom stereocenters. The number of ether oxygens (including phenoxy) is 1. The molecule has 0 aliphatic rings. The van der Waals surface area contributed by atoms with Crippen LogP contribution in [0.25, 0.3) is 0 Å². The first-order valence-corrected chi connectivity index (χ1v) is 9.55. The largest absolute Gasteiger partial charge is 0.375 e. The molecular formula is C15H18ClNO3S2. The van der Waals surface area contributed by atoms with Crippen molar-refractivity contribution in [2.24, 2.45) is 0 Å². The van der Waals surface area contributed by atoms with E-state index in [-0.39, 0.29) is 18.4 Å². The summed E-state index contributed by atoms with van der Waals surface area (Å²) in [5.41, 5.74) is 0.692. The minimum absolute atomic E-state index is 0.0793. The third-order valence-electron chi connectivity index (χ3n) is 3.12. The first kappa shape index (κ1) is 17.4. The van der Waals surface area contributed by atoms with Crippen molar-refractivity contribution in [2.75, 3.05) is 13.7 Å². The van der Waals surface area contributed by atoms with E-state index in [0.29, 0.717) is 10.6 Å². The topological polar surface area (TPSA) is 55.4 Å². The van der Waals surface area contributed by atoms with E-state index in [0.717, 1.165) is 4.88 Å². The zero-order chi connectivity index (χ0) is 16.2. The Labute approximate surface area is 140 Å². The fourth-order valence-corrected chi connectivity index (χ4v) is 4.20. The van der Waals surface area contributed by atoms with Gasteiger partial charge in [0, 0.05) is 28.4 Å². The number of sulfonamides is 1. The maximum absolute atomic E-state index is 12.1. The minimum atomic E-state index is -3.42. The van der Waals surface area contributed by atoms with Crippen LogP contribution in [-0.2, 0) is 20.5 Å². The van der Waals surface area contributed by atoms with Crippen molar-refractivity contribution < 1.29 is 13.2 Å². The van der Waals surface area contributed by atoms with Crippen LogP contribution in [0.1, 0.15) is 21.4 Å². The summed E-state index contributed by atoms with van der Waals surface area (Å²) in [5.74, 6) is -0.0793. The van der Waals surface area contributed by atoms with Crippen LogP contribution in [0.3, 0.4) is 0 Å². The van der Waals surface area contributed by atoms with Crippen LogP contribution in [0.15, 0.2) is 36.4 Å². The second-order valence-electron chi connectivity index (χ2n) is 4.91. The number of rotatable bonds is 7. The molecule has 7 heteroatoms. The van der Waals surface area contributed by atoms with E-state index in [1.165, 1.54) is 4.88 Å². The fraction of sp³-hybridized carbons (Fsp3) is 0.333. The first-order valence-electron chi connectivity index (χ1n) is 6.70. The number of benzene rings is 1. The molecule has 0 aliphatic carbocycles. The molecule has 4 nitrogen and oxygen atoms in total. The molecule has 0 bridgehead atoms. The number of halogens is 1. The molecule has 22 heavy (non-hydrogen) atoms. The third-order valence-corrected chi connectivity index (χ3v) is 5.79. The van der Waals surface area contributed by atoms with Crippen molar-refractivity contribution in [3.63, 3.8) is 0 Å². The van der Waals surface area contributed by atoms with Crippen LogP contribution >= 0.6 is 22.9 Å². The van der Waals surface area contributed by atoms with Gasteiger partial charge in [-0.1, -0.05) is 23.7 Å². The highest BCUT2D eigenvalue weighted by Crippen LogP contribution is 2.24. The van der Waals surface area contributed by atoms with Crippen molar-refractivity contribution in [1.29, 1.82) is 0 Å². The summed E-state index contributed by atoms with van der Waals surface area (Å²) in [5, 5.41) is 0.585. The second kappa shape index (κ2) is 7.57. The van der Waals surface area contributed by atoms with Crippen LogP contribution < -0.4 is 4.72 Å². The standard InChI is InChI=1S/C15H18ClNO3S2/c1-11-3-8-15(21-11)14(20-2)9-17-22(18,19)10-12-4-6-13(16)7-5-12/h3-8,14,17H,9-10H2,1-2H3. The highest BCUT2D eigenvalue weighted by Gasteiger charge is 2.17. The van der Waals surface area contributed by atoms with Crippen molar-refractivity contribution in [2.45, 2.75) is 18.8 Å². The maximum atomic E-state index is 12.1. The average Bonchev–Trinajstić information content (AvgIpc) is 2.88. The van der Waals surface area contributed by atoms with E-state index in [1.807, 2.05) is 19.1 Å². The van der Waals surface area contributed by atoms with E-state index in [4.69, 9.17) is 16.3 Å². The molecule has 0 radical (unpaired) electrons. The fourth-order valence-electron chi connectivity index (χ4n) is 1.98. The summed E-state index contributed by atoms with van der Waals surface area (Å²) < 4.78 is 32.3. The van der Waals surface area contributed by atoms with E-state index in [1.54, 1.807) is 42.7 Å². The van der Waals surface area contributed by atoms with Gasteiger partial charge < -0.3 is 4.74 Å². The predicted octanol–water partition coefficient (Wildman–Crippen LogP) is 3.52. The number of hydrogen-bond donors (Lipinski definition) is 1. The Morgan fingerprint density at radius 2 is 1.91 bits per heavy atom. The lowest BCUT2D eigenvalue weighted by Crippen LogP contribution is -2.30. The van der Waals surface area contributed by atoms with Crippen LogP contribution in [-0.4, -0.2) is 22.1 Å². The molecule has 0 saturated carbocycles. The Bertz CT molecular complexity index is 711. The Morgan fingerprint density at radius 3 is 2.45 bits per heavy atom. The Kier molecular flexibility index (Phi) is 6.00. The molecule has 1 aromatic heterocycles. The summed E-state index contributed by atoms with van der Waals surface area (Å²) in [7, 11) is -1.85. The molecular weight excluding hydrogens is 342 g/mol. The van der Waals surface area contributed by atoms with Crippen molar-refractivity contribution in [3.05, 3.63) is 56.7 Å². The van der Waals surface area contributed by atoms with Gasteiger partial charge >= 0.3 is 0 Å². The highest BCUT2D eigenvalue weighted by molar-refractivity contribution is 7.88. The number of hydrogen-bond acceptors (Lipinski definition) is 4. The van der Waals surface area contributed by atoms with E-state index in [9.17, 15) is 8.42 Å². The minimum Gasteiger partial charge on any atom is -0.375 e. The van der Waals surface area contributed by atoms with Gasteiger partial charge in [-0.3, -0.25) is 0 Å². The van der Waals surface area contributed by atoms with Crippen molar-refractivity contribution in [3.8, 4) is 0 Å². The SMILES string of the molecule is COC(CNS(=O)(=O)Cc1ccc(Cl)cc1)c1ccc(C)s1. The number of nitrogens with one attached hydrogen (secondary N) is 1. The summed E-state index contributed by atoms with van der Waals surface area (Å²) in [4.78, 5) is 2.18. The van der Waals surface area contributed by atoms with Crippen LogP contribution in [0.5, 0.6) is 0 Å². The van der Waals surface area contributed by atoms with Gasteiger partial charge in [0.05, 0.1) is 5.75 Å². The Hall–Kier alpha value is -0.920. The monoisotopic (exact) mass is 359 g/mol. The van der Waals surface area contributed by atoms with Crippen LogP contribution in [0.2, 0.25) is 5.02 Å². The quantitative estimate of drug-likeness (QED) is 0.822. The van der Waals surface area contributed by atoms with Crippen LogP contribution in [0, 0.1) is 6.92 Å². The van der Waals surface area contributed by atoms with Gasteiger partial charge in [0.25, 0.3) is 0 Å². The molecule has 1 unspecified atom stereocenters. The molecule has 0 fully saturated rings. The molecule has 2 aromatic rings. The summed E-state index contributed by atoms with van der Waals surface area (Å²) in [6, 6.07) is 10.7. The van der Waals surface area contributed by atoms with Gasteiger partial charge in [-0.05, 0) is 36.8 Å². The zero-order valence-electron chi connectivity index (χ0n) is 12.4. The molecule has 0 amide bonds. The van der Waals surface area contributed by atoms with E-state index in [2.05, 4.69) is 4.72 Å². The van der Waals surface area contributed by atoms with E-state index < -0.39 is 10.0 Å². The summed E-state index contributed by atoms with van der Waals surface area (Å²) >= 11 is 7.40. The lowest BCUT2D eigenvalue weighted by molar-refractivity contribution is 0.110. The molecule has 120 valence electrons. The van der Waals surface area contributed by atoms with Gasteiger partial charge in [-0.15, -0.1) is 11.3 Å². The molecule has 1 N–H and O–H groups in total. The third kappa shape index (κ3) is 5.07. The lowest BCUT2D eigenvalue weighted by atomic mass is 10.2. The van der Waals surface area contributed by atoms with Gasteiger partial charge in [-0.2, -0.15) is 0 Å². The molecule has 1 heterocycles. The number of aryl methyl sites for hydroxylation is 1. The van der Waals surface area contributed by atoms with Gasteiger partial charge in [-0.25, -0.2) is 13.1 Å². The molecule has 0 spiro atoms. The normalized spacial score (nSPS) is 13.2. The molecule has 1 aromatic carbocycles. The Morgan fingerprint density at radius 1 is 1.23 bits per heavy atom. The summed E-state index contributed by atoms with van der Waals surface area (Å²) in [6.07, 6.45) is -0.279. The van der Waals surface area contributed by atoms with Gasteiger partial charge in [0.15, 0.2) is 0 Å². The lowest BCUT2D eigenvalue weighted by Gasteiger charge is -2.15. The van der Waals surface area contributed by atoms with Gasteiger partial charge in [0.2, 0.25) is 10.0 Å². The molecule has 0 aliphatic heterocycles. The van der Waals surface area contributed by atoms with Crippen molar-refractivity contribution >= 4 is 33.0 Å². The van der Waals surface area contributed by atoms with E-state index >= 15 is 0 Å². The average molecular weight is 360 g/mol. The Balaban J connectivity index is 1.97. The first-order chi connectivity index (χ1) is 10.4. The smallest absolute Gasteiger partial charge is 0.215 e. The maximum Gasteiger partial charge on any atom is 0.215 e. The van der Waals surface area contributed by atoms with Crippen LogP contribution in [0.4, 0.5) is 0 Å². The number of methoxy groups -OCH3 is 1. The van der Waals surface area contributed by atoms with Crippen molar-refractivity contribution in [1.82, 2.24) is 4.72 Å². The zero-order valence-corrected chi connectivity index (χ0v) is 14.8. The molecule has 0 saturated heterocycles. The molecule has 2 rings (SSSR count). The second-order valence-corrected chi connectivity index (χ2v) is 8.47. The predicted molar refractivity (Wildman–Crippen MR) is 90.9 cm³/mol. The highest BCUT2D eigenvalue weighted by atomic mass is 35.5.